The van der Waals surface area contributed by atoms with Gasteiger partial charge in [0.05, 0.1) is 0 Å². The molecule has 0 heterocycles. The minimum Gasteiger partial charge on any atom is -0.320 e. The summed E-state index contributed by atoms with van der Waals surface area (Å²) in [5, 5.41) is 3.19. The van der Waals surface area contributed by atoms with Gasteiger partial charge in [0.15, 0.2) is 0 Å². The zero-order chi connectivity index (χ0) is 11.1. The lowest BCUT2D eigenvalue weighted by Crippen LogP contribution is -2.09. The van der Waals surface area contributed by atoms with Crippen LogP contribution in [-0.4, -0.2) is 13.6 Å². The van der Waals surface area contributed by atoms with Gasteiger partial charge in [0, 0.05) is 0 Å². The molecule has 0 amide bonds. The van der Waals surface area contributed by atoms with E-state index < -0.39 is 0 Å². The lowest BCUT2D eigenvalue weighted by atomic mass is 9.86. The Morgan fingerprint density at radius 1 is 1.40 bits per heavy atom. The lowest BCUT2D eigenvalue weighted by molar-refractivity contribution is 0.463. The molecular weight excluding hydrogens is 182 g/mol. The Morgan fingerprint density at radius 2 is 2.20 bits per heavy atom. The molecule has 1 heteroatoms. The summed E-state index contributed by atoms with van der Waals surface area (Å²) in [5.74, 6) is 1.55. The molecule has 0 fully saturated rings. The quantitative estimate of drug-likeness (QED) is 0.657. The van der Waals surface area contributed by atoms with Crippen molar-refractivity contribution < 1.29 is 0 Å². The van der Waals surface area contributed by atoms with Crippen LogP contribution in [0, 0.1) is 11.8 Å². The second-order valence-electron chi connectivity index (χ2n) is 4.85. The maximum atomic E-state index is 3.19. The molecular formula is C14H25N. The van der Waals surface area contributed by atoms with Crippen molar-refractivity contribution >= 4 is 0 Å². The van der Waals surface area contributed by atoms with Crippen LogP contribution in [0.5, 0.6) is 0 Å². The summed E-state index contributed by atoms with van der Waals surface area (Å²) in [4.78, 5) is 0. The Labute approximate surface area is 94.6 Å². The van der Waals surface area contributed by atoms with Crippen molar-refractivity contribution in [1.82, 2.24) is 5.32 Å². The second-order valence-corrected chi connectivity index (χ2v) is 4.85. The topological polar surface area (TPSA) is 12.0 Å². The van der Waals surface area contributed by atoms with Crippen LogP contribution in [0.3, 0.4) is 0 Å². The summed E-state index contributed by atoms with van der Waals surface area (Å²) in [7, 11) is 2.02. The third-order valence-electron chi connectivity index (χ3n) is 3.17. The van der Waals surface area contributed by atoms with E-state index in [9.17, 15) is 0 Å². The van der Waals surface area contributed by atoms with Crippen molar-refractivity contribution in [2.24, 2.45) is 11.8 Å². The fraction of sp³-hybridized carbons (Fsp3) is 0.714. The number of rotatable bonds is 6. The van der Waals surface area contributed by atoms with Gasteiger partial charge in [-0.3, -0.25) is 0 Å². The van der Waals surface area contributed by atoms with Crippen LogP contribution in [-0.2, 0) is 0 Å². The van der Waals surface area contributed by atoms with Crippen LogP contribution in [0.1, 0.15) is 39.5 Å². The Kier molecular flexibility index (Phi) is 5.70. The highest BCUT2D eigenvalue weighted by atomic mass is 14.8. The first-order valence-corrected chi connectivity index (χ1v) is 6.26. The molecule has 1 atom stereocenters. The molecule has 0 aliphatic heterocycles. The van der Waals surface area contributed by atoms with Crippen molar-refractivity contribution in [3.63, 3.8) is 0 Å². The van der Waals surface area contributed by atoms with Crippen LogP contribution in [0.2, 0.25) is 0 Å². The number of allylic oxidation sites excluding steroid dienone is 4. The number of hydrogen-bond acceptors (Lipinski definition) is 1. The molecule has 0 spiro atoms. The molecule has 15 heavy (non-hydrogen) atoms. The minimum atomic E-state index is 0.773. The third kappa shape index (κ3) is 4.65. The van der Waals surface area contributed by atoms with E-state index in [0.29, 0.717) is 0 Å². The summed E-state index contributed by atoms with van der Waals surface area (Å²) in [5.41, 5.74) is 1.55. The predicted molar refractivity (Wildman–Crippen MR) is 67.9 cm³/mol. The standard InChI is InChI=1S/C14H25N/c1-12(2)14-9-6-8-13(11-14)7-4-5-10-15-3/h6,8,11-12,14-15H,4-5,7,9-10H2,1-3H3/t14-/m0/s1. The van der Waals surface area contributed by atoms with E-state index in [1.165, 1.54) is 25.7 Å². The van der Waals surface area contributed by atoms with Crippen LogP contribution in [0.25, 0.3) is 0 Å². The van der Waals surface area contributed by atoms with Crippen molar-refractivity contribution in [2.45, 2.75) is 39.5 Å². The highest BCUT2D eigenvalue weighted by Gasteiger charge is 2.12. The smallest absolute Gasteiger partial charge is 0.00518 e. The van der Waals surface area contributed by atoms with Gasteiger partial charge in [-0.2, -0.15) is 0 Å². The zero-order valence-electron chi connectivity index (χ0n) is 10.4. The molecule has 1 aliphatic carbocycles. The molecule has 1 N–H and O–H groups in total. The van der Waals surface area contributed by atoms with Gasteiger partial charge in [-0.05, 0) is 51.1 Å². The van der Waals surface area contributed by atoms with Gasteiger partial charge in [-0.1, -0.05) is 37.6 Å². The van der Waals surface area contributed by atoms with Gasteiger partial charge >= 0.3 is 0 Å². The van der Waals surface area contributed by atoms with E-state index in [2.05, 4.69) is 37.4 Å². The van der Waals surface area contributed by atoms with Gasteiger partial charge < -0.3 is 5.32 Å². The van der Waals surface area contributed by atoms with Crippen LogP contribution < -0.4 is 5.32 Å². The van der Waals surface area contributed by atoms with Crippen LogP contribution in [0.4, 0.5) is 0 Å². The molecule has 0 saturated heterocycles. The van der Waals surface area contributed by atoms with Gasteiger partial charge in [-0.25, -0.2) is 0 Å². The maximum absolute atomic E-state index is 3.19. The lowest BCUT2D eigenvalue weighted by Gasteiger charge is -2.20. The molecule has 0 aromatic heterocycles. The van der Waals surface area contributed by atoms with Gasteiger partial charge in [-0.15, -0.1) is 0 Å². The fourth-order valence-corrected chi connectivity index (χ4v) is 2.04. The van der Waals surface area contributed by atoms with Crippen molar-refractivity contribution in [3.8, 4) is 0 Å². The summed E-state index contributed by atoms with van der Waals surface area (Å²) in [6.45, 7) is 5.78. The van der Waals surface area contributed by atoms with Gasteiger partial charge in [0.2, 0.25) is 0 Å². The van der Waals surface area contributed by atoms with Crippen molar-refractivity contribution in [1.29, 1.82) is 0 Å². The molecule has 0 radical (unpaired) electrons. The molecule has 0 saturated carbocycles. The summed E-state index contributed by atoms with van der Waals surface area (Å²) in [6, 6.07) is 0. The highest BCUT2D eigenvalue weighted by molar-refractivity contribution is 5.24. The summed E-state index contributed by atoms with van der Waals surface area (Å²) in [6.07, 6.45) is 12.2. The average molecular weight is 207 g/mol. The van der Waals surface area contributed by atoms with Crippen LogP contribution in [0.15, 0.2) is 23.8 Å². The average Bonchev–Trinajstić information content (AvgIpc) is 2.25. The van der Waals surface area contributed by atoms with Crippen LogP contribution >= 0.6 is 0 Å². The number of unbranched alkanes of at least 4 members (excludes halogenated alkanes) is 1. The van der Waals surface area contributed by atoms with Crippen molar-refractivity contribution in [2.75, 3.05) is 13.6 Å². The monoisotopic (exact) mass is 207 g/mol. The summed E-state index contributed by atoms with van der Waals surface area (Å²) < 4.78 is 0. The number of hydrogen-bond donors (Lipinski definition) is 1. The molecule has 0 bridgehead atoms. The van der Waals surface area contributed by atoms with E-state index in [4.69, 9.17) is 0 Å². The molecule has 1 aliphatic rings. The molecule has 1 nitrogen and oxygen atoms in total. The molecule has 0 aromatic carbocycles. The van der Waals surface area contributed by atoms with Gasteiger partial charge in [0.1, 0.15) is 0 Å². The van der Waals surface area contributed by atoms with Crippen molar-refractivity contribution in [3.05, 3.63) is 23.8 Å². The molecule has 0 aromatic rings. The van der Waals surface area contributed by atoms with Gasteiger partial charge in [0.25, 0.3) is 0 Å². The minimum absolute atomic E-state index is 0.773. The largest absolute Gasteiger partial charge is 0.320 e. The van der Waals surface area contributed by atoms with E-state index in [-0.39, 0.29) is 0 Å². The molecule has 86 valence electrons. The third-order valence-corrected chi connectivity index (χ3v) is 3.17. The fourth-order valence-electron chi connectivity index (χ4n) is 2.04. The SMILES string of the molecule is CNCCCCC1=C[C@@H](C(C)C)CC=C1. The van der Waals surface area contributed by atoms with E-state index in [0.717, 1.165) is 18.4 Å². The first-order chi connectivity index (χ1) is 7.24. The Morgan fingerprint density at radius 3 is 2.87 bits per heavy atom. The first kappa shape index (κ1) is 12.5. The Bertz CT molecular complexity index is 225. The zero-order valence-corrected chi connectivity index (χ0v) is 10.4. The Balaban J connectivity index is 2.30. The highest BCUT2D eigenvalue weighted by Crippen LogP contribution is 2.25. The van der Waals surface area contributed by atoms with E-state index in [1.54, 1.807) is 5.57 Å². The Hall–Kier alpha value is -0.560. The first-order valence-electron chi connectivity index (χ1n) is 6.26. The maximum Gasteiger partial charge on any atom is -0.00518 e. The van der Waals surface area contributed by atoms with E-state index in [1.807, 2.05) is 7.05 Å². The normalized spacial score (nSPS) is 20.8. The molecule has 0 unspecified atom stereocenters. The number of nitrogens with one attached hydrogen (secondary N) is 1. The molecule has 1 rings (SSSR count). The summed E-state index contributed by atoms with van der Waals surface area (Å²) >= 11 is 0. The second kappa shape index (κ2) is 6.84. The van der Waals surface area contributed by atoms with E-state index >= 15 is 0 Å². The predicted octanol–water partition coefficient (Wildman–Crippen LogP) is 3.53.